The second-order valence-electron chi connectivity index (χ2n) is 4.35. The Balaban J connectivity index is 0.000000606. The Kier molecular flexibility index (Phi) is 4.98. The first-order valence-corrected chi connectivity index (χ1v) is 6.53. The fraction of sp³-hybridized carbons (Fsp3) is 0.600. The lowest BCUT2D eigenvalue weighted by molar-refractivity contribution is 0.424. The van der Waals surface area contributed by atoms with E-state index in [2.05, 4.69) is 6.92 Å². The van der Waals surface area contributed by atoms with Crippen LogP contribution in [0.2, 0.25) is 0 Å². The van der Waals surface area contributed by atoms with E-state index in [0.29, 0.717) is 5.41 Å². The maximum absolute atomic E-state index is 12.8. The third-order valence-corrected chi connectivity index (χ3v) is 3.69. The van der Waals surface area contributed by atoms with Crippen molar-refractivity contribution in [2.75, 3.05) is 0 Å². The zero-order chi connectivity index (χ0) is 12.0. The highest BCUT2D eigenvalue weighted by molar-refractivity contribution is 5.26. The molecule has 0 amide bonds. The van der Waals surface area contributed by atoms with Gasteiger partial charge >= 0.3 is 0 Å². The molecule has 0 spiro atoms. The molecule has 1 heteroatoms. The Morgan fingerprint density at radius 3 is 2.00 bits per heavy atom. The molecule has 0 saturated heterocycles. The molecular formula is C15H23F. The lowest BCUT2D eigenvalue weighted by Crippen LogP contribution is -2.20. The number of hydrogen-bond donors (Lipinski definition) is 0. The second-order valence-corrected chi connectivity index (χ2v) is 4.35. The first kappa shape index (κ1) is 13.2. The summed E-state index contributed by atoms with van der Waals surface area (Å²) in [6.07, 6.45) is 6.37. The number of hydrogen-bond acceptors (Lipinski definition) is 0. The zero-order valence-electron chi connectivity index (χ0n) is 10.7. The molecule has 1 saturated carbocycles. The van der Waals surface area contributed by atoms with Crippen LogP contribution in [0.3, 0.4) is 0 Å². The predicted molar refractivity (Wildman–Crippen MR) is 68.2 cm³/mol. The van der Waals surface area contributed by atoms with E-state index < -0.39 is 0 Å². The summed E-state index contributed by atoms with van der Waals surface area (Å²) in [5, 5.41) is 0. The van der Waals surface area contributed by atoms with E-state index in [1.54, 1.807) is 12.1 Å². The first-order valence-electron chi connectivity index (χ1n) is 6.53. The van der Waals surface area contributed by atoms with Gasteiger partial charge in [0.2, 0.25) is 0 Å². The minimum absolute atomic E-state index is 0.127. The summed E-state index contributed by atoms with van der Waals surface area (Å²) in [6, 6.07) is 7.10. The molecule has 0 radical (unpaired) electrons. The summed E-state index contributed by atoms with van der Waals surface area (Å²) in [5.41, 5.74) is 1.69. The Morgan fingerprint density at radius 2 is 1.56 bits per heavy atom. The molecule has 1 fully saturated rings. The van der Waals surface area contributed by atoms with Gasteiger partial charge < -0.3 is 0 Å². The van der Waals surface area contributed by atoms with Crippen LogP contribution in [0, 0.1) is 5.82 Å². The topological polar surface area (TPSA) is 0 Å². The van der Waals surface area contributed by atoms with E-state index in [1.165, 1.54) is 37.7 Å². The molecule has 1 aromatic carbocycles. The van der Waals surface area contributed by atoms with Crippen LogP contribution in [0.25, 0.3) is 0 Å². The first-order chi connectivity index (χ1) is 7.77. The van der Waals surface area contributed by atoms with E-state index in [-0.39, 0.29) is 5.82 Å². The molecule has 90 valence electrons. The Morgan fingerprint density at radius 1 is 1.06 bits per heavy atom. The van der Waals surface area contributed by atoms with Crippen molar-refractivity contribution in [3.05, 3.63) is 35.6 Å². The molecule has 0 aromatic heterocycles. The van der Waals surface area contributed by atoms with E-state index in [0.717, 1.165) is 0 Å². The van der Waals surface area contributed by atoms with Gasteiger partial charge in [-0.15, -0.1) is 0 Å². The van der Waals surface area contributed by atoms with E-state index >= 15 is 0 Å². The van der Waals surface area contributed by atoms with Gasteiger partial charge in [-0.3, -0.25) is 0 Å². The SMILES string of the molecule is CC.CCC1(c2ccc(F)cc2)CCCC1. The molecule has 0 bridgehead atoms. The summed E-state index contributed by atoms with van der Waals surface area (Å²) in [7, 11) is 0. The molecule has 16 heavy (non-hydrogen) atoms. The second kappa shape index (κ2) is 6.03. The predicted octanol–water partition coefficient (Wildman–Crippen LogP) is 5.07. The van der Waals surface area contributed by atoms with Crippen LogP contribution >= 0.6 is 0 Å². The molecule has 0 heterocycles. The van der Waals surface area contributed by atoms with Gasteiger partial charge in [-0.25, -0.2) is 4.39 Å². The van der Waals surface area contributed by atoms with E-state index in [1.807, 2.05) is 26.0 Å². The van der Waals surface area contributed by atoms with Gasteiger partial charge in [-0.05, 0) is 42.4 Å². The molecule has 1 aliphatic carbocycles. The summed E-state index contributed by atoms with van der Waals surface area (Å²) >= 11 is 0. The highest BCUT2D eigenvalue weighted by atomic mass is 19.1. The standard InChI is InChI=1S/C13H17F.C2H6/c1-2-13(9-3-4-10-13)11-5-7-12(14)8-6-11;1-2/h5-8H,2-4,9-10H2,1H3;1-2H3. The minimum Gasteiger partial charge on any atom is -0.207 e. The van der Waals surface area contributed by atoms with Crippen LogP contribution in [0.5, 0.6) is 0 Å². The van der Waals surface area contributed by atoms with Crippen molar-refractivity contribution in [1.82, 2.24) is 0 Å². The smallest absolute Gasteiger partial charge is 0.123 e. The van der Waals surface area contributed by atoms with Crippen LogP contribution in [-0.4, -0.2) is 0 Å². The van der Waals surface area contributed by atoms with Crippen LogP contribution in [0.4, 0.5) is 4.39 Å². The van der Waals surface area contributed by atoms with Crippen molar-refractivity contribution in [3.63, 3.8) is 0 Å². The van der Waals surface area contributed by atoms with Crippen molar-refractivity contribution in [2.45, 2.75) is 58.3 Å². The van der Waals surface area contributed by atoms with Crippen molar-refractivity contribution in [2.24, 2.45) is 0 Å². The Labute approximate surface area is 98.9 Å². The zero-order valence-corrected chi connectivity index (χ0v) is 10.7. The fourth-order valence-electron chi connectivity index (χ4n) is 2.70. The van der Waals surface area contributed by atoms with Gasteiger partial charge in [0, 0.05) is 0 Å². The third kappa shape index (κ3) is 2.63. The number of halogens is 1. The van der Waals surface area contributed by atoms with Crippen molar-refractivity contribution < 1.29 is 4.39 Å². The van der Waals surface area contributed by atoms with Crippen LogP contribution < -0.4 is 0 Å². The average Bonchev–Trinajstić information content (AvgIpc) is 2.82. The van der Waals surface area contributed by atoms with Gasteiger partial charge in [-0.1, -0.05) is 45.7 Å². The van der Waals surface area contributed by atoms with Crippen LogP contribution in [0.1, 0.15) is 58.4 Å². The number of rotatable bonds is 2. The van der Waals surface area contributed by atoms with Gasteiger partial charge in [0.05, 0.1) is 0 Å². The summed E-state index contributed by atoms with van der Waals surface area (Å²) in [6.45, 7) is 6.24. The average molecular weight is 222 g/mol. The maximum Gasteiger partial charge on any atom is 0.123 e. The van der Waals surface area contributed by atoms with Gasteiger partial charge in [0.15, 0.2) is 0 Å². The quantitative estimate of drug-likeness (QED) is 0.655. The highest BCUT2D eigenvalue weighted by Crippen LogP contribution is 2.43. The van der Waals surface area contributed by atoms with E-state index in [9.17, 15) is 4.39 Å². The summed E-state index contributed by atoms with van der Waals surface area (Å²) in [4.78, 5) is 0. The van der Waals surface area contributed by atoms with Gasteiger partial charge in [0.25, 0.3) is 0 Å². The Hall–Kier alpha value is -0.850. The lowest BCUT2D eigenvalue weighted by atomic mass is 9.77. The van der Waals surface area contributed by atoms with E-state index in [4.69, 9.17) is 0 Å². The third-order valence-electron chi connectivity index (χ3n) is 3.69. The summed E-state index contributed by atoms with van der Waals surface area (Å²) < 4.78 is 12.8. The molecule has 0 nitrogen and oxygen atoms in total. The highest BCUT2D eigenvalue weighted by Gasteiger charge is 2.33. The largest absolute Gasteiger partial charge is 0.207 e. The van der Waals surface area contributed by atoms with Crippen LogP contribution in [-0.2, 0) is 5.41 Å². The molecule has 1 aliphatic rings. The van der Waals surface area contributed by atoms with Gasteiger partial charge in [0.1, 0.15) is 5.82 Å². The molecule has 0 unspecified atom stereocenters. The molecular weight excluding hydrogens is 199 g/mol. The van der Waals surface area contributed by atoms with Crippen molar-refractivity contribution in [1.29, 1.82) is 0 Å². The summed E-state index contributed by atoms with van der Waals surface area (Å²) in [5.74, 6) is -0.127. The molecule has 0 atom stereocenters. The minimum atomic E-state index is -0.127. The fourth-order valence-corrected chi connectivity index (χ4v) is 2.70. The molecule has 0 N–H and O–H groups in total. The molecule has 1 aromatic rings. The Bertz CT molecular complexity index is 294. The normalized spacial score (nSPS) is 17.8. The van der Waals surface area contributed by atoms with Crippen molar-refractivity contribution in [3.8, 4) is 0 Å². The molecule has 0 aliphatic heterocycles. The lowest BCUT2D eigenvalue weighted by Gasteiger charge is -2.28. The maximum atomic E-state index is 12.8. The van der Waals surface area contributed by atoms with Crippen molar-refractivity contribution >= 4 is 0 Å². The monoisotopic (exact) mass is 222 g/mol. The number of benzene rings is 1. The molecule has 2 rings (SSSR count). The van der Waals surface area contributed by atoms with Gasteiger partial charge in [-0.2, -0.15) is 0 Å². The van der Waals surface area contributed by atoms with Crippen LogP contribution in [0.15, 0.2) is 24.3 Å².